The second-order valence-corrected chi connectivity index (χ2v) is 9.05. The quantitative estimate of drug-likeness (QED) is 0.787. The smallest absolute Gasteiger partial charge is 0.242 e. The molecule has 144 valence electrons. The highest BCUT2D eigenvalue weighted by molar-refractivity contribution is 7.89. The van der Waals surface area contributed by atoms with Crippen molar-refractivity contribution in [2.24, 2.45) is 0 Å². The van der Waals surface area contributed by atoms with E-state index < -0.39 is 15.8 Å². The highest BCUT2D eigenvalue weighted by Gasteiger charge is 2.28. The summed E-state index contributed by atoms with van der Waals surface area (Å²) in [5.41, 5.74) is 3.62. The van der Waals surface area contributed by atoms with E-state index in [4.69, 9.17) is 9.47 Å². The average Bonchev–Trinajstić information content (AvgIpc) is 3.29. The van der Waals surface area contributed by atoms with Crippen LogP contribution < -0.4 is 9.47 Å². The maximum absolute atomic E-state index is 13.5. The Labute approximate surface area is 158 Å². The van der Waals surface area contributed by atoms with Gasteiger partial charge in [-0.05, 0) is 43.2 Å². The first kappa shape index (κ1) is 18.3. The fraction of sp³-hybridized carbons (Fsp3) is 0.400. The van der Waals surface area contributed by atoms with Gasteiger partial charge < -0.3 is 9.47 Å². The van der Waals surface area contributed by atoms with Crippen LogP contribution in [0.3, 0.4) is 0 Å². The van der Waals surface area contributed by atoms with Crippen LogP contribution in [0.1, 0.15) is 22.3 Å². The fourth-order valence-electron chi connectivity index (χ4n) is 3.70. The molecule has 0 aromatic heterocycles. The Morgan fingerprint density at radius 2 is 1.93 bits per heavy atom. The molecule has 0 spiro atoms. The topological polar surface area (TPSA) is 55.8 Å². The van der Waals surface area contributed by atoms with Gasteiger partial charge in [0.2, 0.25) is 10.0 Å². The summed E-state index contributed by atoms with van der Waals surface area (Å²) < 4.78 is 52.0. The molecular formula is C20H22FNO4S. The molecule has 0 aliphatic carbocycles. The maximum Gasteiger partial charge on any atom is 0.242 e. The van der Waals surface area contributed by atoms with E-state index in [1.807, 2.05) is 0 Å². The number of ether oxygens (including phenoxy) is 2. The zero-order valence-corrected chi connectivity index (χ0v) is 16.2. The normalized spacial score (nSPS) is 15.4. The van der Waals surface area contributed by atoms with Crippen LogP contribution >= 0.6 is 0 Å². The molecule has 0 fully saturated rings. The van der Waals surface area contributed by atoms with Crippen molar-refractivity contribution in [1.82, 2.24) is 4.31 Å². The summed E-state index contributed by atoms with van der Waals surface area (Å²) in [5.74, 6) is 1.38. The van der Waals surface area contributed by atoms with Crippen LogP contribution in [0.4, 0.5) is 4.39 Å². The summed E-state index contributed by atoms with van der Waals surface area (Å²) in [6.07, 6.45) is 2.21. The number of nitrogens with zero attached hydrogens (tertiary/aromatic N) is 1. The van der Waals surface area contributed by atoms with Crippen molar-refractivity contribution >= 4 is 10.0 Å². The van der Waals surface area contributed by atoms with Crippen molar-refractivity contribution in [1.29, 1.82) is 0 Å². The summed E-state index contributed by atoms with van der Waals surface area (Å²) in [7, 11) is -2.13. The lowest BCUT2D eigenvalue weighted by Crippen LogP contribution is -2.29. The minimum atomic E-state index is -3.68. The molecule has 0 N–H and O–H groups in total. The van der Waals surface area contributed by atoms with Gasteiger partial charge in [0.1, 0.15) is 17.3 Å². The molecule has 0 atom stereocenters. The summed E-state index contributed by atoms with van der Waals surface area (Å²) in [6, 6.07) is 5.92. The molecule has 2 heterocycles. The minimum Gasteiger partial charge on any atom is -0.493 e. The Morgan fingerprint density at radius 3 is 2.70 bits per heavy atom. The molecule has 0 saturated heterocycles. The number of fused-ring (bicyclic) bond motifs is 2. The van der Waals surface area contributed by atoms with Gasteiger partial charge in [-0.1, -0.05) is 0 Å². The van der Waals surface area contributed by atoms with Crippen LogP contribution in [-0.4, -0.2) is 39.5 Å². The predicted molar refractivity (Wildman–Crippen MR) is 99.5 cm³/mol. The summed E-state index contributed by atoms with van der Waals surface area (Å²) in [6.45, 7) is 3.16. The number of hydrogen-bond donors (Lipinski definition) is 0. The Kier molecular flexibility index (Phi) is 4.60. The molecule has 27 heavy (non-hydrogen) atoms. The first-order valence-electron chi connectivity index (χ1n) is 9.03. The summed E-state index contributed by atoms with van der Waals surface area (Å²) >= 11 is 0. The highest BCUT2D eigenvalue weighted by atomic mass is 32.2. The van der Waals surface area contributed by atoms with Crippen LogP contribution in [0.2, 0.25) is 0 Å². The number of halogens is 1. The minimum absolute atomic E-state index is 0.104. The van der Waals surface area contributed by atoms with E-state index in [2.05, 4.69) is 6.07 Å². The van der Waals surface area contributed by atoms with E-state index in [1.54, 1.807) is 14.0 Å². The van der Waals surface area contributed by atoms with Gasteiger partial charge in [0.25, 0.3) is 0 Å². The van der Waals surface area contributed by atoms with Gasteiger partial charge >= 0.3 is 0 Å². The lowest BCUT2D eigenvalue weighted by atomic mass is 9.97. The highest BCUT2D eigenvalue weighted by Crippen LogP contribution is 2.40. The largest absolute Gasteiger partial charge is 0.493 e. The summed E-state index contributed by atoms with van der Waals surface area (Å²) in [5, 5.41) is 0. The molecule has 5 nitrogen and oxygen atoms in total. The molecule has 0 amide bonds. The maximum atomic E-state index is 13.5. The second kappa shape index (κ2) is 6.80. The molecule has 2 aromatic carbocycles. The Morgan fingerprint density at radius 1 is 1.15 bits per heavy atom. The van der Waals surface area contributed by atoms with E-state index in [9.17, 15) is 12.8 Å². The third-order valence-corrected chi connectivity index (χ3v) is 7.13. The van der Waals surface area contributed by atoms with Crippen LogP contribution in [-0.2, 0) is 29.3 Å². The van der Waals surface area contributed by atoms with E-state index in [0.717, 1.165) is 41.0 Å². The number of benzene rings is 2. The summed E-state index contributed by atoms with van der Waals surface area (Å²) in [4.78, 5) is 0.104. The van der Waals surface area contributed by atoms with Crippen LogP contribution in [0, 0.1) is 12.7 Å². The second-order valence-electron chi connectivity index (χ2n) is 7.00. The molecule has 2 aliphatic heterocycles. The first-order chi connectivity index (χ1) is 12.9. The third kappa shape index (κ3) is 3.19. The Balaban J connectivity index is 1.58. The number of hydrogen-bond acceptors (Lipinski definition) is 4. The zero-order chi connectivity index (χ0) is 19.2. The zero-order valence-electron chi connectivity index (χ0n) is 15.4. The van der Waals surface area contributed by atoms with Crippen molar-refractivity contribution in [3.05, 3.63) is 52.3 Å². The third-order valence-electron chi connectivity index (χ3n) is 5.27. The fourth-order valence-corrected chi connectivity index (χ4v) is 4.95. The molecule has 4 rings (SSSR count). The van der Waals surface area contributed by atoms with Crippen molar-refractivity contribution < 1.29 is 22.3 Å². The van der Waals surface area contributed by atoms with E-state index in [-0.39, 0.29) is 4.90 Å². The molecule has 2 aromatic rings. The van der Waals surface area contributed by atoms with Gasteiger partial charge in [-0.25, -0.2) is 17.1 Å². The predicted octanol–water partition coefficient (Wildman–Crippen LogP) is 2.87. The van der Waals surface area contributed by atoms with E-state index in [0.29, 0.717) is 31.7 Å². The van der Waals surface area contributed by atoms with Gasteiger partial charge in [0.05, 0.1) is 18.1 Å². The molecule has 7 heteroatoms. The molecule has 0 radical (unpaired) electrons. The molecule has 2 aliphatic rings. The Bertz CT molecular complexity index is 971. The SMILES string of the molecule is Cc1cc(S(=O)(=O)N(C)CCc2c3c(cc4c2OCC4)OCC3)ccc1F. The van der Waals surface area contributed by atoms with Crippen molar-refractivity contribution in [3.8, 4) is 11.5 Å². The van der Waals surface area contributed by atoms with Crippen molar-refractivity contribution in [3.63, 3.8) is 0 Å². The first-order valence-corrected chi connectivity index (χ1v) is 10.5. The van der Waals surface area contributed by atoms with Gasteiger partial charge in [0.15, 0.2) is 0 Å². The standard InChI is InChI=1S/C20H22FNO4S/c1-13-11-15(3-4-18(13)21)27(23,24)22(2)8-5-17-16-7-10-25-19(16)12-14-6-9-26-20(14)17/h3-4,11-12H,5-10H2,1-2H3. The number of likely N-dealkylation sites (N-methyl/N-ethyl adjacent to an activating group) is 1. The molecular weight excluding hydrogens is 369 g/mol. The van der Waals surface area contributed by atoms with Gasteiger partial charge in [0, 0.05) is 43.1 Å². The molecule has 0 saturated carbocycles. The van der Waals surface area contributed by atoms with Gasteiger partial charge in [-0.2, -0.15) is 0 Å². The van der Waals surface area contributed by atoms with Crippen LogP contribution in [0.15, 0.2) is 29.2 Å². The van der Waals surface area contributed by atoms with Gasteiger partial charge in [-0.3, -0.25) is 0 Å². The number of sulfonamides is 1. The number of rotatable bonds is 5. The lowest BCUT2D eigenvalue weighted by molar-refractivity contribution is 0.351. The Hall–Kier alpha value is -2.12. The average molecular weight is 391 g/mol. The van der Waals surface area contributed by atoms with Gasteiger partial charge in [-0.15, -0.1) is 0 Å². The van der Waals surface area contributed by atoms with Crippen molar-refractivity contribution in [2.75, 3.05) is 26.8 Å². The van der Waals surface area contributed by atoms with Crippen molar-refractivity contribution in [2.45, 2.75) is 31.1 Å². The van der Waals surface area contributed by atoms with Crippen LogP contribution in [0.5, 0.6) is 11.5 Å². The monoisotopic (exact) mass is 391 g/mol. The number of aryl methyl sites for hydroxylation is 1. The van der Waals surface area contributed by atoms with E-state index >= 15 is 0 Å². The molecule has 0 unspecified atom stereocenters. The molecule has 0 bridgehead atoms. The van der Waals surface area contributed by atoms with E-state index in [1.165, 1.54) is 22.5 Å². The lowest BCUT2D eigenvalue weighted by Gasteiger charge is -2.19. The van der Waals surface area contributed by atoms with Crippen LogP contribution in [0.25, 0.3) is 0 Å².